The van der Waals surface area contributed by atoms with Crippen LogP contribution in [-0.4, -0.2) is 28.6 Å². The fourth-order valence-electron chi connectivity index (χ4n) is 3.48. The molecular weight excluding hydrogens is 390 g/mol. The molecule has 0 spiro atoms. The number of hydrogen-bond acceptors (Lipinski definition) is 3. The first-order chi connectivity index (χ1) is 15.0. The van der Waals surface area contributed by atoms with Crippen LogP contribution in [0.1, 0.15) is 29.2 Å². The molecule has 0 aliphatic rings. The molecule has 3 rings (SSSR count). The van der Waals surface area contributed by atoms with Gasteiger partial charge in [-0.3, -0.25) is 4.79 Å². The Kier molecular flexibility index (Phi) is 7.44. The standard InChI is InChI=1S/C26H27NO4/c1-3-27(26(30)31-18-20-8-5-4-6-9-20)17-23-14-19(2)12-13-24(23)22-11-7-10-21(15-22)16-25(28)29/h4-15H,3,16-18H2,1-2H3,(H,28,29). The molecule has 5 nitrogen and oxygen atoms in total. The first-order valence-corrected chi connectivity index (χ1v) is 10.3. The Morgan fingerprint density at radius 1 is 0.935 bits per heavy atom. The Morgan fingerprint density at radius 3 is 2.39 bits per heavy atom. The van der Waals surface area contributed by atoms with E-state index in [9.17, 15) is 9.59 Å². The predicted molar refractivity (Wildman–Crippen MR) is 121 cm³/mol. The molecule has 160 valence electrons. The fraction of sp³-hybridized carbons (Fsp3) is 0.231. The summed E-state index contributed by atoms with van der Waals surface area (Å²) in [6.07, 6.45) is -0.388. The first-order valence-electron chi connectivity index (χ1n) is 10.3. The maximum atomic E-state index is 12.7. The molecule has 1 N–H and O–H groups in total. The molecular formula is C26H27NO4. The lowest BCUT2D eigenvalue weighted by Gasteiger charge is -2.22. The number of carbonyl (C=O) groups is 2. The van der Waals surface area contributed by atoms with E-state index >= 15 is 0 Å². The molecule has 0 aliphatic heterocycles. The van der Waals surface area contributed by atoms with Gasteiger partial charge in [0.25, 0.3) is 0 Å². The van der Waals surface area contributed by atoms with Crippen LogP contribution in [0, 0.1) is 6.92 Å². The van der Waals surface area contributed by atoms with E-state index in [-0.39, 0.29) is 19.1 Å². The summed E-state index contributed by atoms with van der Waals surface area (Å²) in [7, 11) is 0. The Hall–Kier alpha value is -3.60. The minimum Gasteiger partial charge on any atom is -0.481 e. The first kappa shape index (κ1) is 22.1. The number of amides is 1. The van der Waals surface area contributed by atoms with Gasteiger partial charge in [-0.25, -0.2) is 4.79 Å². The average molecular weight is 418 g/mol. The van der Waals surface area contributed by atoms with Gasteiger partial charge >= 0.3 is 12.1 Å². The second-order valence-corrected chi connectivity index (χ2v) is 7.49. The van der Waals surface area contributed by atoms with Gasteiger partial charge in [0, 0.05) is 13.1 Å². The van der Waals surface area contributed by atoms with Crippen LogP contribution in [0.3, 0.4) is 0 Å². The zero-order valence-electron chi connectivity index (χ0n) is 17.9. The highest BCUT2D eigenvalue weighted by Gasteiger charge is 2.17. The topological polar surface area (TPSA) is 66.8 Å². The Labute approximate surface area is 182 Å². The summed E-state index contributed by atoms with van der Waals surface area (Å²) in [5.41, 5.74) is 5.68. The van der Waals surface area contributed by atoms with E-state index in [1.165, 1.54) is 0 Å². The molecule has 5 heteroatoms. The minimum atomic E-state index is -0.861. The number of hydrogen-bond donors (Lipinski definition) is 1. The molecule has 0 heterocycles. The Bertz CT molecular complexity index is 1050. The van der Waals surface area contributed by atoms with E-state index in [2.05, 4.69) is 6.07 Å². The lowest BCUT2D eigenvalue weighted by Crippen LogP contribution is -2.31. The third kappa shape index (κ3) is 6.19. The van der Waals surface area contributed by atoms with Gasteiger partial charge in [0.1, 0.15) is 6.61 Å². The molecule has 0 unspecified atom stereocenters. The summed E-state index contributed by atoms with van der Waals surface area (Å²) in [6.45, 7) is 5.09. The van der Waals surface area contributed by atoms with Crippen LogP contribution in [0.15, 0.2) is 72.8 Å². The van der Waals surface area contributed by atoms with E-state index in [1.807, 2.05) is 80.6 Å². The van der Waals surface area contributed by atoms with Crippen molar-refractivity contribution in [1.29, 1.82) is 0 Å². The third-order valence-electron chi connectivity index (χ3n) is 5.06. The van der Waals surface area contributed by atoms with Gasteiger partial charge in [0.2, 0.25) is 0 Å². The lowest BCUT2D eigenvalue weighted by molar-refractivity contribution is -0.136. The average Bonchev–Trinajstić information content (AvgIpc) is 2.76. The molecule has 31 heavy (non-hydrogen) atoms. The summed E-state index contributed by atoms with van der Waals surface area (Å²) in [4.78, 5) is 25.5. The van der Waals surface area contributed by atoms with Crippen molar-refractivity contribution >= 4 is 12.1 Å². The number of rotatable bonds is 8. The van der Waals surface area contributed by atoms with Crippen molar-refractivity contribution in [1.82, 2.24) is 4.90 Å². The second-order valence-electron chi connectivity index (χ2n) is 7.49. The van der Waals surface area contributed by atoms with Gasteiger partial charge < -0.3 is 14.7 Å². The molecule has 0 bridgehead atoms. The molecule has 3 aromatic carbocycles. The maximum absolute atomic E-state index is 12.7. The van der Waals surface area contributed by atoms with Gasteiger partial charge in [0.15, 0.2) is 0 Å². The highest BCUT2D eigenvalue weighted by atomic mass is 16.6. The van der Waals surface area contributed by atoms with Crippen molar-refractivity contribution in [2.75, 3.05) is 6.54 Å². The normalized spacial score (nSPS) is 10.5. The fourth-order valence-corrected chi connectivity index (χ4v) is 3.48. The van der Waals surface area contributed by atoms with Crippen LogP contribution >= 0.6 is 0 Å². The summed E-state index contributed by atoms with van der Waals surface area (Å²) in [5.74, 6) is -0.861. The third-order valence-corrected chi connectivity index (χ3v) is 5.06. The van der Waals surface area contributed by atoms with Crippen molar-refractivity contribution < 1.29 is 19.4 Å². The number of carboxylic acid groups (broad SMARTS) is 1. The molecule has 0 fully saturated rings. The van der Waals surface area contributed by atoms with E-state index < -0.39 is 5.97 Å². The number of benzene rings is 3. The zero-order valence-corrected chi connectivity index (χ0v) is 17.9. The smallest absolute Gasteiger partial charge is 0.410 e. The second kappa shape index (κ2) is 10.4. The lowest BCUT2D eigenvalue weighted by atomic mass is 9.95. The predicted octanol–water partition coefficient (Wildman–Crippen LogP) is 5.45. The SMILES string of the molecule is CCN(Cc1cc(C)ccc1-c1cccc(CC(=O)O)c1)C(=O)OCc1ccccc1. The van der Waals surface area contributed by atoms with Crippen molar-refractivity contribution in [3.05, 3.63) is 95.1 Å². The molecule has 0 atom stereocenters. The monoisotopic (exact) mass is 417 g/mol. The van der Waals surface area contributed by atoms with Crippen molar-refractivity contribution in [3.63, 3.8) is 0 Å². The van der Waals surface area contributed by atoms with Gasteiger partial charge in [-0.05, 0) is 41.7 Å². The molecule has 0 aliphatic carbocycles. The van der Waals surface area contributed by atoms with Gasteiger partial charge in [-0.15, -0.1) is 0 Å². The number of carbonyl (C=O) groups excluding carboxylic acids is 1. The van der Waals surface area contributed by atoms with Crippen LogP contribution in [0.2, 0.25) is 0 Å². The quantitative estimate of drug-likeness (QED) is 0.529. The van der Waals surface area contributed by atoms with E-state index in [0.29, 0.717) is 13.1 Å². The number of carboxylic acids is 1. The Balaban J connectivity index is 1.80. The largest absolute Gasteiger partial charge is 0.481 e. The summed E-state index contributed by atoms with van der Waals surface area (Å²) in [5, 5.41) is 9.11. The van der Waals surface area contributed by atoms with E-state index in [0.717, 1.165) is 33.4 Å². The van der Waals surface area contributed by atoms with Gasteiger partial charge in [-0.2, -0.15) is 0 Å². The molecule has 0 saturated heterocycles. The molecule has 0 saturated carbocycles. The van der Waals surface area contributed by atoms with Crippen LogP contribution in [-0.2, 0) is 29.1 Å². The highest BCUT2D eigenvalue weighted by Crippen LogP contribution is 2.27. The van der Waals surface area contributed by atoms with Crippen molar-refractivity contribution in [2.24, 2.45) is 0 Å². The molecule has 0 aromatic heterocycles. The minimum absolute atomic E-state index is 0.0259. The van der Waals surface area contributed by atoms with Crippen molar-refractivity contribution in [2.45, 2.75) is 33.4 Å². The maximum Gasteiger partial charge on any atom is 0.410 e. The number of aliphatic carboxylic acids is 1. The van der Waals surface area contributed by atoms with Gasteiger partial charge in [0.05, 0.1) is 6.42 Å². The molecule has 0 radical (unpaired) electrons. The number of aryl methyl sites for hydroxylation is 1. The summed E-state index contributed by atoms with van der Waals surface area (Å²) < 4.78 is 5.51. The van der Waals surface area contributed by atoms with E-state index in [4.69, 9.17) is 9.84 Å². The van der Waals surface area contributed by atoms with Crippen LogP contribution < -0.4 is 0 Å². The Morgan fingerprint density at radius 2 is 1.68 bits per heavy atom. The van der Waals surface area contributed by atoms with Crippen LogP contribution in [0.4, 0.5) is 4.79 Å². The van der Waals surface area contributed by atoms with E-state index in [1.54, 1.807) is 4.90 Å². The number of nitrogens with zero attached hydrogens (tertiary/aromatic N) is 1. The summed E-state index contributed by atoms with van der Waals surface area (Å²) >= 11 is 0. The molecule has 1 amide bonds. The van der Waals surface area contributed by atoms with Crippen molar-refractivity contribution in [3.8, 4) is 11.1 Å². The van der Waals surface area contributed by atoms with Crippen LogP contribution in [0.25, 0.3) is 11.1 Å². The number of ether oxygens (including phenoxy) is 1. The highest BCUT2D eigenvalue weighted by molar-refractivity contribution is 5.74. The zero-order chi connectivity index (χ0) is 22.2. The summed E-state index contributed by atoms with van der Waals surface area (Å²) in [6, 6.07) is 23.2. The van der Waals surface area contributed by atoms with Crippen LogP contribution in [0.5, 0.6) is 0 Å². The molecule has 3 aromatic rings. The van der Waals surface area contributed by atoms with Gasteiger partial charge in [-0.1, -0.05) is 78.4 Å².